The van der Waals surface area contributed by atoms with Crippen LogP contribution in [0, 0.1) is 5.41 Å². The summed E-state index contributed by atoms with van der Waals surface area (Å²) in [5.74, 6) is 0. The molecule has 86 valence electrons. The minimum Gasteiger partial charge on any atom is -0.315 e. The Labute approximate surface area is 90.1 Å². The number of nitrogens with one attached hydrogen (secondary N) is 1. The second-order valence-electron chi connectivity index (χ2n) is 4.42. The van der Waals surface area contributed by atoms with Gasteiger partial charge in [-0.2, -0.15) is 0 Å². The molecule has 0 unspecified atom stereocenters. The molecule has 2 aliphatic heterocycles. The molecule has 2 heterocycles. The van der Waals surface area contributed by atoms with E-state index in [2.05, 4.69) is 24.1 Å². The van der Waals surface area contributed by atoms with Crippen molar-refractivity contribution < 1.29 is 0 Å². The van der Waals surface area contributed by atoms with E-state index >= 15 is 0 Å². The first-order valence-electron chi connectivity index (χ1n) is 5.67. The van der Waals surface area contributed by atoms with Crippen molar-refractivity contribution in [2.24, 2.45) is 5.41 Å². The molecule has 0 aromatic rings. The Bertz CT molecular complexity index is 150. The SMILES string of the molecule is C.CC.CC(C)N1CCC2(CNC2)C1. The number of hydrogen-bond donors (Lipinski definition) is 1. The van der Waals surface area contributed by atoms with Crippen LogP contribution in [0.1, 0.15) is 41.5 Å². The third kappa shape index (κ3) is 2.71. The summed E-state index contributed by atoms with van der Waals surface area (Å²) in [7, 11) is 0. The molecule has 0 radical (unpaired) electrons. The van der Waals surface area contributed by atoms with E-state index in [1.54, 1.807) is 0 Å². The zero-order valence-electron chi connectivity index (χ0n) is 9.56. The van der Waals surface area contributed by atoms with Crippen molar-refractivity contribution in [2.75, 3.05) is 26.2 Å². The number of rotatable bonds is 1. The molecule has 1 N–H and O–H groups in total. The number of likely N-dealkylation sites (tertiary alicyclic amines) is 1. The highest BCUT2D eigenvalue weighted by Crippen LogP contribution is 2.34. The summed E-state index contributed by atoms with van der Waals surface area (Å²) in [4.78, 5) is 2.60. The fraction of sp³-hybridized carbons (Fsp3) is 1.00. The zero-order chi connectivity index (χ0) is 9.90. The molecule has 2 nitrogen and oxygen atoms in total. The van der Waals surface area contributed by atoms with E-state index in [0.717, 1.165) is 6.04 Å². The molecule has 0 saturated carbocycles. The molecule has 2 fully saturated rings. The first kappa shape index (κ1) is 13.9. The standard InChI is InChI=1S/C9H18N2.C2H6.CH4/c1-8(2)11-4-3-9(7-11)5-10-6-9;1-2;/h8,10H,3-7H2,1-2H3;1-2H3;1H4. The monoisotopic (exact) mass is 200 g/mol. The third-order valence-electron chi connectivity index (χ3n) is 3.20. The van der Waals surface area contributed by atoms with Gasteiger partial charge in [0.1, 0.15) is 0 Å². The maximum absolute atomic E-state index is 3.38. The van der Waals surface area contributed by atoms with E-state index in [1.165, 1.54) is 32.6 Å². The topological polar surface area (TPSA) is 15.3 Å². The van der Waals surface area contributed by atoms with E-state index < -0.39 is 0 Å². The van der Waals surface area contributed by atoms with Gasteiger partial charge in [0.2, 0.25) is 0 Å². The molecule has 0 amide bonds. The van der Waals surface area contributed by atoms with E-state index in [4.69, 9.17) is 0 Å². The van der Waals surface area contributed by atoms with Gasteiger partial charge in [-0.15, -0.1) is 0 Å². The quantitative estimate of drug-likeness (QED) is 0.699. The maximum atomic E-state index is 3.38. The van der Waals surface area contributed by atoms with Crippen LogP contribution in [0.15, 0.2) is 0 Å². The second-order valence-corrected chi connectivity index (χ2v) is 4.42. The lowest BCUT2D eigenvalue weighted by Gasteiger charge is -2.39. The smallest absolute Gasteiger partial charge is 0.00920 e. The molecule has 2 aliphatic rings. The molecule has 14 heavy (non-hydrogen) atoms. The first-order chi connectivity index (χ1) is 6.22. The van der Waals surface area contributed by atoms with Crippen molar-refractivity contribution in [2.45, 2.75) is 47.6 Å². The van der Waals surface area contributed by atoms with Crippen molar-refractivity contribution in [1.82, 2.24) is 10.2 Å². The highest BCUT2D eigenvalue weighted by molar-refractivity contribution is 4.99. The van der Waals surface area contributed by atoms with E-state index in [0.29, 0.717) is 5.41 Å². The predicted octanol–water partition coefficient (Wildman–Crippen LogP) is 2.35. The normalized spacial score (nSPS) is 23.8. The van der Waals surface area contributed by atoms with Gasteiger partial charge in [-0.05, 0) is 26.8 Å². The van der Waals surface area contributed by atoms with Crippen LogP contribution < -0.4 is 5.32 Å². The Hall–Kier alpha value is -0.0800. The van der Waals surface area contributed by atoms with Gasteiger partial charge in [0.25, 0.3) is 0 Å². The lowest BCUT2D eigenvalue weighted by molar-refractivity contribution is 0.157. The van der Waals surface area contributed by atoms with Crippen molar-refractivity contribution in [1.29, 1.82) is 0 Å². The highest BCUT2D eigenvalue weighted by atomic mass is 15.2. The molecule has 0 bridgehead atoms. The molecule has 2 saturated heterocycles. The van der Waals surface area contributed by atoms with Crippen LogP contribution in [0.5, 0.6) is 0 Å². The van der Waals surface area contributed by atoms with E-state index in [-0.39, 0.29) is 7.43 Å². The van der Waals surface area contributed by atoms with Gasteiger partial charge in [0, 0.05) is 31.1 Å². The third-order valence-corrected chi connectivity index (χ3v) is 3.20. The summed E-state index contributed by atoms with van der Waals surface area (Å²) < 4.78 is 0. The summed E-state index contributed by atoms with van der Waals surface area (Å²) in [6.45, 7) is 13.8. The van der Waals surface area contributed by atoms with Crippen LogP contribution in [-0.2, 0) is 0 Å². The van der Waals surface area contributed by atoms with Gasteiger partial charge < -0.3 is 10.2 Å². The summed E-state index contributed by atoms with van der Waals surface area (Å²) >= 11 is 0. The van der Waals surface area contributed by atoms with Crippen LogP contribution in [0.3, 0.4) is 0 Å². The molecule has 2 rings (SSSR count). The van der Waals surface area contributed by atoms with Crippen molar-refractivity contribution in [3.05, 3.63) is 0 Å². The van der Waals surface area contributed by atoms with Crippen molar-refractivity contribution >= 4 is 0 Å². The van der Waals surface area contributed by atoms with E-state index in [1.807, 2.05) is 13.8 Å². The maximum Gasteiger partial charge on any atom is 0.00920 e. The van der Waals surface area contributed by atoms with Gasteiger partial charge in [0.05, 0.1) is 0 Å². The Morgan fingerprint density at radius 3 is 2.00 bits per heavy atom. The van der Waals surface area contributed by atoms with Crippen LogP contribution in [0.4, 0.5) is 0 Å². The first-order valence-corrected chi connectivity index (χ1v) is 5.67. The van der Waals surface area contributed by atoms with Crippen LogP contribution in [-0.4, -0.2) is 37.1 Å². The van der Waals surface area contributed by atoms with Crippen LogP contribution in [0.2, 0.25) is 0 Å². The van der Waals surface area contributed by atoms with Crippen LogP contribution >= 0.6 is 0 Å². The number of hydrogen-bond acceptors (Lipinski definition) is 2. The minimum atomic E-state index is 0. The average Bonchev–Trinajstić information content (AvgIpc) is 2.51. The average molecular weight is 200 g/mol. The second kappa shape index (κ2) is 5.72. The van der Waals surface area contributed by atoms with E-state index in [9.17, 15) is 0 Å². The predicted molar refractivity (Wildman–Crippen MR) is 64.7 cm³/mol. The Morgan fingerprint density at radius 2 is 1.79 bits per heavy atom. The largest absolute Gasteiger partial charge is 0.315 e. The fourth-order valence-corrected chi connectivity index (χ4v) is 2.18. The summed E-state index contributed by atoms with van der Waals surface area (Å²) in [5.41, 5.74) is 0.685. The molecule has 0 aliphatic carbocycles. The van der Waals surface area contributed by atoms with Crippen molar-refractivity contribution in [3.8, 4) is 0 Å². The molecular formula is C12H28N2. The Balaban J connectivity index is 0.000000531. The molecular weight excluding hydrogens is 172 g/mol. The van der Waals surface area contributed by atoms with Gasteiger partial charge in [-0.1, -0.05) is 21.3 Å². The van der Waals surface area contributed by atoms with Gasteiger partial charge in [-0.3, -0.25) is 0 Å². The zero-order valence-corrected chi connectivity index (χ0v) is 9.56. The molecule has 0 atom stereocenters. The summed E-state index contributed by atoms with van der Waals surface area (Å²) in [6.07, 6.45) is 1.41. The van der Waals surface area contributed by atoms with Crippen molar-refractivity contribution in [3.63, 3.8) is 0 Å². The summed E-state index contributed by atoms with van der Waals surface area (Å²) in [5, 5.41) is 3.38. The minimum absolute atomic E-state index is 0. The lowest BCUT2D eigenvalue weighted by atomic mass is 9.81. The summed E-state index contributed by atoms with van der Waals surface area (Å²) in [6, 6.07) is 0.745. The molecule has 1 spiro atoms. The molecule has 0 aromatic carbocycles. The highest BCUT2D eigenvalue weighted by Gasteiger charge is 2.43. The Kier molecular flexibility index (Phi) is 5.68. The van der Waals surface area contributed by atoms with Gasteiger partial charge in [-0.25, -0.2) is 0 Å². The van der Waals surface area contributed by atoms with Crippen LogP contribution in [0.25, 0.3) is 0 Å². The Morgan fingerprint density at radius 1 is 1.21 bits per heavy atom. The van der Waals surface area contributed by atoms with Gasteiger partial charge >= 0.3 is 0 Å². The lowest BCUT2D eigenvalue weighted by Crippen LogP contribution is -2.55. The number of nitrogens with zero attached hydrogens (tertiary/aromatic N) is 1. The van der Waals surface area contributed by atoms with Gasteiger partial charge in [0.15, 0.2) is 0 Å². The fourth-order valence-electron chi connectivity index (χ4n) is 2.18. The molecule has 2 heteroatoms. The molecule has 0 aromatic heterocycles.